The van der Waals surface area contributed by atoms with E-state index in [0.717, 1.165) is 16.6 Å². The second-order valence-electron chi connectivity index (χ2n) is 5.16. The van der Waals surface area contributed by atoms with Gasteiger partial charge in [0.05, 0.1) is 5.52 Å². The molecular formula is C17H14N4O2. The molecule has 0 aliphatic heterocycles. The van der Waals surface area contributed by atoms with Gasteiger partial charge in [0.2, 0.25) is 5.91 Å². The summed E-state index contributed by atoms with van der Waals surface area (Å²) in [5, 5.41) is 0.901. The van der Waals surface area contributed by atoms with Gasteiger partial charge in [0.1, 0.15) is 5.69 Å². The number of fused-ring (bicyclic) bond motifs is 1. The molecule has 0 saturated carbocycles. The van der Waals surface area contributed by atoms with Crippen molar-refractivity contribution in [2.45, 2.75) is 6.42 Å². The molecule has 6 heteroatoms. The summed E-state index contributed by atoms with van der Waals surface area (Å²) in [6.07, 6.45) is 2.13. The lowest BCUT2D eigenvalue weighted by Crippen LogP contribution is -2.12. The number of carbonyl (C=O) groups excluding carboxylic acids is 2. The van der Waals surface area contributed by atoms with Crippen LogP contribution in [0, 0.1) is 0 Å². The number of pyridine rings is 2. The molecule has 3 aromatic rings. The Bertz CT molecular complexity index is 921. The van der Waals surface area contributed by atoms with Crippen molar-refractivity contribution in [3.8, 4) is 0 Å². The number of rotatable bonds is 4. The SMILES string of the molecule is NC(=O)c1ccnc(Cc2ccc3nc(C(N)=O)ccc3c2)c1. The van der Waals surface area contributed by atoms with Crippen molar-refractivity contribution in [1.82, 2.24) is 9.97 Å². The highest BCUT2D eigenvalue weighted by atomic mass is 16.1. The van der Waals surface area contributed by atoms with Gasteiger partial charge < -0.3 is 11.5 Å². The summed E-state index contributed by atoms with van der Waals surface area (Å²) in [6.45, 7) is 0. The van der Waals surface area contributed by atoms with Crippen LogP contribution in [0.4, 0.5) is 0 Å². The van der Waals surface area contributed by atoms with E-state index in [9.17, 15) is 9.59 Å². The number of aromatic nitrogens is 2. The fourth-order valence-corrected chi connectivity index (χ4v) is 2.36. The first-order valence-electron chi connectivity index (χ1n) is 6.97. The predicted octanol–water partition coefficient (Wildman–Crippen LogP) is 1.42. The molecular weight excluding hydrogens is 292 g/mol. The van der Waals surface area contributed by atoms with Gasteiger partial charge in [-0.2, -0.15) is 0 Å². The Morgan fingerprint density at radius 2 is 1.78 bits per heavy atom. The Balaban J connectivity index is 1.92. The Kier molecular flexibility index (Phi) is 3.72. The van der Waals surface area contributed by atoms with Crippen molar-refractivity contribution in [1.29, 1.82) is 0 Å². The van der Waals surface area contributed by atoms with E-state index in [1.54, 1.807) is 30.5 Å². The highest BCUT2D eigenvalue weighted by Crippen LogP contribution is 2.17. The molecule has 0 saturated heterocycles. The highest BCUT2D eigenvalue weighted by Gasteiger charge is 2.06. The fourth-order valence-electron chi connectivity index (χ4n) is 2.36. The normalized spacial score (nSPS) is 10.6. The van der Waals surface area contributed by atoms with E-state index in [1.165, 1.54) is 0 Å². The van der Waals surface area contributed by atoms with Crippen molar-refractivity contribution in [2.24, 2.45) is 11.5 Å². The highest BCUT2D eigenvalue weighted by molar-refractivity contribution is 5.94. The molecule has 0 unspecified atom stereocenters. The van der Waals surface area contributed by atoms with Gasteiger partial charge in [-0.1, -0.05) is 12.1 Å². The molecule has 6 nitrogen and oxygen atoms in total. The van der Waals surface area contributed by atoms with Crippen LogP contribution in [0.15, 0.2) is 48.7 Å². The van der Waals surface area contributed by atoms with Gasteiger partial charge in [-0.3, -0.25) is 14.6 Å². The van der Waals surface area contributed by atoms with Crippen molar-refractivity contribution in [2.75, 3.05) is 0 Å². The number of amides is 2. The van der Waals surface area contributed by atoms with Gasteiger partial charge in [0, 0.05) is 29.3 Å². The molecule has 0 aliphatic rings. The summed E-state index contributed by atoms with van der Waals surface area (Å²) >= 11 is 0. The standard InChI is InChI=1S/C17H14N4O2/c18-16(22)12-5-6-20-13(9-12)8-10-1-3-14-11(7-10)2-4-15(21-14)17(19)23/h1-7,9H,8H2,(H2,18,22)(H2,19,23). The van der Waals surface area contributed by atoms with E-state index >= 15 is 0 Å². The predicted molar refractivity (Wildman–Crippen MR) is 85.8 cm³/mol. The van der Waals surface area contributed by atoms with Crippen LogP contribution in [0.5, 0.6) is 0 Å². The van der Waals surface area contributed by atoms with E-state index in [1.807, 2.05) is 18.2 Å². The van der Waals surface area contributed by atoms with Gasteiger partial charge >= 0.3 is 0 Å². The minimum absolute atomic E-state index is 0.237. The average molecular weight is 306 g/mol. The van der Waals surface area contributed by atoms with E-state index in [2.05, 4.69) is 9.97 Å². The maximum absolute atomic E-state index is 11.2. The first-order valence-corrected chi connectivity index (χ1v) is 6.97. The molecule has 2 aromatic heterocycles. The summed E-state index contributed by atoms with van der Waals surface area (Å²) < 4.78 is 0. The largest absolute Gasteiger partial charge is 0.366 e. The maximum Gasteiger partial charge on any atom is 0.267 e. The Morgan fingerprint density at radius 3 is 2.52 bits per heavy atom. The number of primary amides is 2. The molecule has 1 aromatic carbocycles. The van der Waals surface area contributed by atoms with Crippen molar-refractivity contribution < 1.29 is 9.59 Å². The van der Waals surface area contributed by atoms with Crippen LogP contribution >= 0.6 is 0 Å². The summed E-state index contributed by atoms with van der Waals surface area (Å²) in [5.41, 5.74) is 13.6. The zero-order chi connectivity index (χ0) is 16.4. The van der Waals surface area contributed by atoms with Crippen molar-refractivity contribution in [3.05, 3.63) is 71.2 Å². The molecule has 0 fully saturated rings. The summed E-state index contributed by atoms with van der Waals surface area (Å²) in [7, 11) is 0. The van der Waals surface area contributed by atoms with Crippen LogP contribution in [0.2, 0.25) is 0 Å². The third kappa shape index (κ3) is 3.16. The molecule has 3 rings (SSSR count). The van der Waals surface area contributed by atoms with Gasteiger partial charge in [-0.05, 0) is 35.9 Å². The van der Waals surface area contributed by atoms with Gasteiger partial charge in [0.15, 0.2) is 0 Å². The van der Waals surface area contributed by atoms with E-state index in [0.29, 0.717) is 17.5 Å². The fraction of sp³-hybridized carbons (Fsp3) is 0.0588. The lowest BCUT2D eigenvalue weighted by molar-refractivity contribution is 0.0989. The zero-order valence-electron chi connectivity index (χ0n) is 12.2. The molecule has 0 bridgehead atoms. The second-order valence-corrected chi connectivity index (χ2v) is 5.16. The van der Waals surface area contributed by atoms with E-state index in [-0.39, 0.29) is 5.69 Å². The molecule has 114 valence electrons. The minimum Gasteiger partial charge on any atom is -0.366 e. The van der Waals surface area contributed by atoms with Gasteiger partial charge in [-0.15, -0.1) is 0 Å². The number of hydrogen-bond donors (Lipinski definition) is 2. The van der Waals surface area contributed by atoms with Crippen molar-refractivity contribution in [3.63, 3.8) is 0 Å². The summed E-state index contributed by atoms with van der Waals surface area (Å²) in [4.78, 5) is 30.8. The zero-order valence-corrected chi connectivity index (χ0v) is 12.2. The third-order valence-electron chi connectivity index (χ3n) is 3.49. The first kappa shape index (κ1) is 14.6. The van der Waals surface area contributed by atoms with Crippen LogP contribution < -0.4 is 11.5 Å². The third-order valence-corrected chi connectivity index (χ3v) is 3.49. The lowest BCUT2D eigenvalue weighted by atomic mass is 10.0. The van der Waals surface area contributed by atoms with Crippen molar-refractivity contribution >= 4 is 22.7 Å². The smallest absolute Gasteiger partial charge is 0.267 e. The number of benzene rings is 1. The molecule has 4 N–H and O–H groups in total. The van der Waals surface area contributed by atoms with Gasteiger partial charge in [-0.25, -0.2) is 4.98 Å². The summed E-state index contributed by atoms with van der Waals surface area (Å²) in [6, 6.07) is 12.4. The Hall–Kier alpha value is -3.28. The first-order chi connectivity index (χ1) is 11.0. The average Bonchev–Trinajstić information content (AvgIpc) is 2.54. The number of nitrogens with two attached hydrogens (primary N) is 2. The van der Waals surface area contributed by atoms with E-state index in [4.69, 9.17) is 11.5 Å². The van der Waals surface area contributed by atoms with E-state index < -0.39 is 11.8 Å². The molecule has 0 spiro atoms. The molecule has 2 amide bonds. The second kappa shape index (κ2) is 5.84. The number of carbonyl (C=O) groups is 2. The summed E-state index contributed by atoms with van der Waals surface area (Å²) in [5.74, 6) is -1.03. The lowest BCUT2D eigenvalue weighted by Gasteiger charge is -2.05. The Labute approximate surface area is 132 Å². The van der Waals surface area contributed by atoms with Crippen LogP contribution in [0.25, 0.3) is 10.9 Å². The quantitative estimate of drug-likeness (QED) is 0.759. The van der Waals surface area contributed by atoms with Crippen LogP contribution in [0.3, 0.4) is 0 Å². The Morgan fingerprint density at radius 1 is 0.957 bits per heavy atom. The molecule has 0 aliphatic carbocycles. The maximum atomic E-state index is 11.2. The van der Waals surface area contributed by atoms with Crippen LogP contribution in [0.1, 0.15) is 32.1 Å². The molecule has 0 radical (unpaired) electrons. The molecule has 0 atom stereocenters. The molecule has 2 heterocycles. The topological polar surface area (TPSA) is 112 Å². The van der Waals surface area contributed by atoms with Crippen LogP contribution in [-0.2, 0) is 6.42 Å². The minimum atomic E-state index is -0.552. The van der Waals surface area contributed by atoms with Gasteiger partial charge in [0.25, 0.3) is 5.91 Å². The van der Waals surface area contributed by atoms with Crippen LogP contribution in [-0.4, -0.2) is 21.8 Å². The monoisotopic (exact) mass is 306 g/mol. The molecule has 23 heavy (non-hydrogen) atoms. The number of hydrogen-bond acceptors (Lipinski definition) is 4. The number of nitrogens with zero attached hydrogens (tertiary/aromatic N) is 2.